The summed E-state index contributed by atoms with van der Waals surface area (Å²) in [5.41, 5.74) is 1.40. The third-order valence-corrected chi connectivity index (χ3v) is 7.94. The van der Waals surface area contributed by atoms with Crippen LogP contribution in [0.3, 0.4) is 0 Å². The number of aromatic nitrogens is 4. The van der Waals surface area contributed by atoms with Crippen LogP contribution < -0.4 is 0 Å². The van der Waals surface area contributed by atoms with Crippen molar-refractivity contribution < 1.29 is 17.3 Å². The molecule has 1 aliphatic rings. The lowest BCUT2D eigenvalue weighted by Gasteiger charge is -2.25. The van der Waals surface area contributed by atoms with Gasteiger partial charge in [0, 0.05) is 24.2 Å². The van der Waals surface area contributed by atoms with Crippen LogP contribution in [0.1, 0.15) is 25.2 Å². The molecule has 11 heteroatoms. The average Bonchev–Trinajstić information content (AvgIpc) is 3.54. The van der Waals surface area contributed by atoms with Gasteiger partial charge in [0.2, 0.25) is 27.7 Å². The van der Waals surface area contributed by atoms with E-state index in [-0.39, 0.29) is 10.8 Å². The highest BCUT2D eigenvalue weighted by Gasteiger charge is 2.26. The quantitative estimate of drug-likeness (QED) is 0.356. The van der Waals surface area contributed by atoms with Gasteiger partial charge in [0.25, 0.3) is 5.22 Å². The maximum absolute atomic E-state index is 13.0. The molecule has 9 nitrogen and oxygen atoms in total. The van der Waals surface area contributed by atoms with E-state index in [2.05, 4.69) is 20.4 Å². The van der Waals surface area contributed by atoms with Crippen molar-refractivity contribution in [2.45, 2.75) is 35.1 Å². The molecule has 1 fully saturated rings. The Morgan fingerprint density at radius 2 is 1.55 bits per heavy atom. The molecule has 0 amide bonds. The molecule has 1 saturated heterocycles. The molecule has 0 unspecified atom stereocenters. The summed E-state index contributed by atoms with van der Waals surface area (Å²) in [5, 5.41) is 16.6. The Hall–Kier alpha value is -3.02. The normalized spacial score (nSPS) is 15.0. The van der Waals surface area contributed by atoms with Gasteiger partial charge in [-0.25, -0.2) is 8.42 Å². The summed E-state index contributed by atoms with van der Waals surface area (Å²) < 4.78 is 38.9. The molecule has 0 aliphatic carbocycles. The molecule has 0 atom stereocenters. The molecule has 4 aromatic rings. The zero-order valence-corrected chi connectivity index (χ0v) is 19.3. The average molecular weight is 484 g/mol. The summed E-state index contributed by atoms with van der Waals surface area (Å²) >= 11 is 1.27. The number of piperidine rings is 1. The number of hydrogen-bond acceptors (Lipinski definition) is 9. The van der Waals surface area contributed by atoms with Crippen molar-refractivity contribution in [3.8, 4) is 22.9 Å². The lowest BCUT2D eigenvalue weighted by Crippen LogP contribution is -2.35. The maximum Gasteiger partial charge on any atom is 0.277 e. The summed E-state index contributed by atoms with van der Waals surface area (Å²) in [6, 6.07) is 16.1. The van der Waals surface area contributed by atoms with Crippen molar-refractivity contribution in [2.24, 2.45) is 0 Å². The fourth-order valence-corrected chi connectivity index (χ4v) is 5.72. The van der Waals surface area contributed by atoms with Gasteiger partial charge in [-0.15, -0.1) is 20.4 Å². The maximum atomic E-state index is 13.0. The van der Waals surface area contributed by atoms with E-state index in [1.54, 1.807) is 28.6 Å². The van der Waals surface area contributed by atoms with Gasteiger partial charge < -0.3 is 8.83 Å². The number of rotatable bonds is 7. The van der Waals surface area contributed by atoms with E-state index in [0.29, 0.717) is 41.4 Å². The Labute approximate surface area is 195 Å². The van der Waals surface area contributed by atoms with Gasteiger partial charge >= 0.3 is 0 Å². The molecule has 0 saturated carbocycles. The van der Waals surface area contributed by atoms with Gasteiger partial charge in [-0.1, -0.05) is 42.4 Å². The van der Waals surface area contributed by atoms with Gasteiger partial charge in [-0.05, 0) is 43.2 Å². The van der Waals surface area contributed by atoms with Gasteiger partial charge in [0.15, 0.2) is 0 Å². The Morgan fingerprint density at radius 1 is 0.818 bits per heavy atom. The monoisotopic (exact) mass is 483 g/mol. The fraction of sp³-hybridized carbons (Fsp3) is 0.273. The molecule has 33 heavy (non-hydrogen) atoms. The van der Waals surface area contributed by atoms with Crippen LogP contribution in [0.5, 0.6) is 0 Å². The first-order chi connectivity index (χ1) is 16.1. The zero-order chi connectivity index (χ0) is 22.7. The van der Waals surface area contributed by atoms with E-state index in [0.717, 1.165) is 24.8 Å². The topological polar surface area (TPSA) is 115 Å². The molecule has 2 aromatic heterocycles. The second kappa shape index (κ2) is 9.46. The van der Waals surface area contributed by atoms with Crippen LogP contribution in [0.25, 0.3) is 22.9 Å². The molecule has 1 aliphatic heterocycles. The zero-order valence-electron chi connectivity index (χ0n) is 17.6. The number of benzene rings is 2. The molecule has 2 aromatic carbocycles. The first-order valence-corrected chi connectivity index (χ1v) is 13.0. The predicted molar refractivity (Wildman–Crippen MR) is 122 cm³/mol. The van der Waals surface area contributed by atoms with Crippen molar-refractivity contribution in [1.29, 1.82) is 0 Å². The minimum Gasteiger partial charge on any atom is -0.420 e. The molecular weight excluding hydrogens is 462 g/mol. The highest BCUT2D eigenvalue weighted by Crippen LogP contribution is 2.29. The summed E-state index contributed by atoms with van der Waals surface area (Å²) in [7, 11) is -3.54. The van der Waals surface area contributed by atoms with Gasteiger partial charge in [0.05, 0.1) is 10.6 Å². The standard InChI is InChI=1S/C22H21N5O4S2/c28-33(29,27-12-5-2-6-13-27)18-11-7-10-17(14-18)21-25-26-22(31-21)32-15-19-23-24-20(30-19)16-8-3-1-4-9-16/h1,3-4,7-11,14H,2,5-6,12-13,15H2. The fourth-order valence-electron chi connectivity index (χ4n) is 3.56. The number of thioether (sulfide) groups is 1. The summed E-state index contributed by atoms with van der Waals surface area (Å²) in [4.78, 5) is 0.230. The van der Waals surface area contributed by atoms with E-state index >= 15 is 0 Å². The number of hydrogen-bond donors (Lipinski definition) is 0. The van der Waals surface area contributed by atoms with Crippen molar-refractivity contribution in [3.05, 3.63) is 60.5 Å². The third-order valence-electron chi connectivity index (χ3n) is 5.25. The number of nitrogens with zero attached hydrogens (tertiary/aromatic N) is 5. The highest BCUT2D eigenvalue weighted by atomic mass is 32.2. The second-order valence-corrected chi connectivity index (χ2v) is 10.4. The molecule has 170 valence electrons. The molecule has 0 radical (unpaired) electrons. The Bertz CT molecular complexity index is 1330. The predicted octanol–water partition coefficient (Wildman–Crippen LogP) is 4.25. The Morgan fingerprint density at radius 3 is 2.36 bits per heavy atom. The molecule has 5 rings (SSSR count). The smallest absolute Gasteiger partial charge is 0.277 e. The van der Waals surface area contributed by atoms with Gasteiger partial charge in [0.1, 0.15) is 0 Å². The SMILES string of the molecule is O=S(=O)(c1cccc(-c2nnc(SCc3nnc(-c4ccccc4)o3)o2)c1)N1CCCCC1. The molecule has 3 heterocycles. The van der Waals surface area contributed by atoms with E-state index < -0.39 is 10.0 Å². The van der Waals surface area contributed by atoms with E-state index in [9.17, 15) is 8.42 Å². The summed E-state index contributed by atoms with van der Waals surface area (Å²) in [6.07, 6.45) is 2.83. The second-order valence-electron chi connectivity index (χ2n) is 7.52. The van der Waals surface area contributed by atoms with E-state index in [1.807, 2.05) is 30.3 Å². The third kappa shape index (κ3) is 4.85. The van der Waals surface area contributed by atoms with Gasteiger partial charge in [-0.3, -0.25) is 0 Å². The van der Waals surface area contributed by atoms with Crippen LogP contribution in [0, 0.1) is 0 Å². The molecule has 0 spiro atoms. The first-order valence-electron chi connectivity index (χ1n) is 10.5. The number of sulfonamides is 1. The highest BCUT2D eigenvalue weighted by molar-refractivity contribution is 7.98. The summed E-state index contributed by atoms with van der Waals surface area (Å²) in [6.45, 7) is 1.10. The summed E-state index contributed by atoms with van der Waals surface area (Å²) in [5.74, 6) is 1.51. The van der Waals surface area contributed by atoms with Crippen LogP contribution in [0.15, 0.2) is 73.5 Å². The van der Waals surface area contributed by atoms with Crippen LogP contribution in [-0.2, 0) is 15.8 Å². The van der Waals surface area contributed by atoms with Crippen LogP contribution in [0.4, 0.5) is 0 Å². The van der Waals surface area contributed by atoms with Crippen molar-refractivity contribution in [1.82, 2.24) is 24.7 Å². The minimum atomic E-state index is -3.54. The molecule has 0 bridgehead atoms. The van der Waals surface area contributed by atoms with Crippen molar-refractivity contribution >= 4 is 21.8 Å². The largest absolute Gasteiger partial charge is 0.420 e. The lowest BCUT2D eigenvalue weighted by molar-refractivity contribution is 0.346. The Kier molecular flexibility index (Phi) is 6.25. The molecular formula is C22H21N5O4S2. The molecule has 0 N–H and O–H groups in total. The van der Waals surface area contributed by atoms with Crippen molar-refractivity contribution in [2.75, 3.05) is 13.1 Å². The van der Waals surface area contributed by atoms with E-state index in [4.69, 9.17) is 8.83 Å². The minimum absolute atomic E-state index is 0.230. The van der Waals surface area contributed by atoms with Gasteiger partial charge in [-0.2, -0.15) is 4.31 Å². The lowest BCUT2D eigenvalue weighted by atomic mass is 10.2. The van der Waals surface area contributed by atoms with Crippen LogP contribution in [0.2, 0.25) is 0 Å². The van der Waals surface area contributed by atoms with Crippen molar-refractivity contribution in [3.63, 3.8) is 0 Å². The van der Waals surface area contributed by atoms with E-state index in [1.165, 1.54) is 11.8 Å². The first kappa shape index (κ1) is 21.8. The Balaban J connectivity index is 1.27. The van der Waals surface area contributed by atoms with Crippen LogP contribution >= 0.6 is 11.8 Å². The van der Waals surface area contributed by atoms with Crippen LogP contribution in [-0.4, -0.2) is 46.2 Å².